The molecule has 3 nitrogen and oxygen atoms in total. The summed E-state index contributed by atoms with van der Waals surface area (Å²) in [5.41, 5.74) is -1.54. The Balaban J connectivity index is 2.25. The van der Waals surface area contributed by atoms with Crippen molar-refractivity contribution < 1.29 is 22.4 Å². The normalized spacial score (nSPS) is 11.3. The molecule has 0 saturated heterocycles. The lowest BCUT2D eigenvalue weighted by atomic mass is 10.2. The van der Waals surface area contributed by atoms with Gasteiger partial charge in [0.05, 0.1) is 16.8 Å². The molecule has 110 valence electrons. The second-order valence-corrected chi connectivity index (χ2v) is 4.35. The van der Waals surface area contributed by atoms with Crippen LogP contribution in [0.4, 0.5) is 23.2 Å². The number of benzene rings is 1. The molecule has 0 spiro atoms. The number of rotatable bonds is 2. The first-order valence-corrected chi connectivity index (χ1v) is 5.95. The van der Waals surface area contributed by atoms with Gasteiger partial charge in [-0.1, -0.05) is 11.6 Å². The minimum absolute atomic E-state index is 0.0153. The largest absolute Gasteiger partial charge is 0.416 e. The van der Waals surface area contributed by atoms with Crippen LogP contribution in [-0.2, 0) is 6.18 Å². The molecule has 8 heteroatoms. The molecule has 0 radical (unpaired) electrons. The maximum absolute atomic E-state index is 13.6. The molecule has 1 N–H and O–H groups in total. The number of hydrogen-bond acceptors (Lipinski definition) is 2. The van der Waals surface area contributed by atoms with Gasteiger partial charge in [0, 0.05) is 6.20 Å². The fourth-order valence-electron chi connectivity index (χ4n) is 1.54. The highest BCUT2D eigenvalue weighted by Crippen LogP contribution is 2.31. The zero-order valence-corrected chi connectivity index (χ0v) is 11.0. The predicted octanol–water partition coefficient (Wildman–Crippen LogP) is 4.15. The number of nitrogens with zero attached hydrogens (tertiary/aromatic N) is 1. The smallest absolute Gasteiger partial charge is 0.319 e. The molecule has 1 aromatic heterocycles. The van der Waals surface area contributed by atoms with Crippen LogP contribution in [0.2, 0.25) is 5.15 Å². The van der Waals surface area contributed by atoms with Gasteiger partial charge >= 0.3 is 6.18 Å². The van der Waals surface area contributed by atoms with Gasteiger partial charge in [0.25, 0.3) is 5.91 Å². The van der Waals surface area contributed by atoms with E-state index in [1.807, 2.05) is 0 Å². The van der Waals surface area contributed by atoms with Crippen molar-refractivity contribution in [1.29, 1.82) is 0 Å². The Bertz CT molecular complexity index is 688. The molecular formula is C13H7ClF4N2O. The van der Waals surface area contributed by atoms with Crippen molar-refractivity contribution in [2.45, 2.75) is 6.18 Å². The Morgan fingerprint density at radius 1 is 1.24 bits per heavy atom. The molecule has 1 heterocycles. The molecule has 0 atom stereocenters. The Kier molecular flexibility index (Phi) is 4.13. The zero-order valence-electron chi connectivity index (χ0n) is 10.2. The minimum Gasteiger partial charge on any atom is -0.319 e. The summed E-state index contributed by atoms with van der Waals surface area (Å²) in [6, 6.07) is 4.61. The maximum Gasteiger partial charge on any atom is 0.416 e. The van der Waals surface area contributed by atoms with Crippen LogP contribution >= 0.6 is 11.6 Å². The monoisotopic (exact) mass is 318 g/mol. The van der Waals surface area contributed by atoms with Gasteiger partial charge in [0.2, 0.25) is 0 Å². The molecule has 1 amide bonds. The lowest BCUT2D eigenvalue weighted by molar-refractivity contribution is -0.137. The first-order valence-electron chi connectivity index (χ1n) is 5.57. The van der Waals surface area contributed by atoms with Gasteiger partial charge in [-0.3, -0.25) is 4.79 Å². The Hall–Kier alpha value is -2.15. The fourth-order valence-corrected chi connectivity index (χ4v) is 1.74. The zero-order chi connectivity index (χ0) is 15.6. The molecule has 0 aliphatic heterocycles. The van der Waals surface area contributed by atoms with Gasteiger partial charge in [-0.2, -0.15) is 13.2 Å². The van der Waals surface area contributed by atoms with E-state index < -0.39 is 23.5 Å². The average molecular weight is 319 g/mol. The summed E-state index contributed by atoms with van der Waals surface area (Å²) in [6.07, 6.45) is -3.30. The summed E-state index contributed by atoms with van der Waals surface area (Å²) < 4.78 is 50.8. The van der Waals surface area contributed by atoms with Crippen LogP contribution < -0.4 is 5.32 Å². The first kappa shape index (κ1) is 15.2. The number of aromatic nitrogens is 1. The van der Waals surface area contributed by atoms with Crippen molar-refractivity contribution in [2.75, 3.05) is 5.32 Å². The second-order valence-electron chi connectivity index (χ2n) is 3.99. The molecule has 0 aliphatic carbocycles. The number of anilines is 1. The highest BCUT2D eigenvalue weighted by Gasteiger charge is 2.31. The van der Waals surface area contributed by atoms with E-state index in [2.05, 4.69) is 10.3 Å². The van der Waals surface area contributed by atoms with Crippen LogP contribution in [0, 0.1) is 5.82 Å². The minimum atomic E-state index is -4.66. The van der Waals surface area contributed by atoms with Crippen molar-refractivity contribution in [2.24, 2.45) is 0 Å². The average Bonchev–Trinajstić information content (AvgIpc) is 2.40. The first-order chi connectivity index (χ1) is 9.79. The van der Waals surface area contributed by atoms with E-state index in [9.17, 15) is 22.4 Å². The highest BCUT2D eigenvalue weighted by molar-refractivity contribution is 6.33. The molecule has 21 heavy (non-hydrogen) atoms. The van der Waals surface area contributed by atoms with E-state index in [1.54, 1.807) is 0 Å². The van der Waals surface area contributed by atoms with Crippen molar-refractivity contribution >= 4 is 23.2 Å². The number of amides is 1. The molecule has 0 saturated carbocycles. The maximum atomic E-state index is 13.6. The summed E-state index contributed by atoms with van der Waals surface area (Å²) in [7, 11) is 0. The van der Waals surface area contributed by atoms with Crippen molar-refractivity contribution in [3.05, 3.63) is 58.6 Å². The summed E-state index contributed by atoms with van der Waals surface area (Å²) >= 11 is 5.70. The highest BCUT2D eigenvalue weighted by atomic mass is 35.5. The summed E-state index contributed by atoms with van der Waals surface area (Å²) in [5.74, 6) is -1.97. The van der Waals surface area contributed by atoms with Crippen LogP contribution in [0.25, 0.3) is 0 Å². The molecule has 0 aliphatic rings. The quantitative estimate of drug-likeness (QED) is 0.668. The molecule has 2 aromatic rings. The van der Waals surface area contributed by atoms with E-state index in [-0.39, 0.29) is 16.4 Å². The van der Waals surface area contributed by atoms with E-state index in [0.717, 1.165) is 6.07 Å². The van der Waals surface area contributed by atoms with E-state index in [4.69, 9.17) is 11.6 Å². The molecule has 0 fully saturated rings. The Morgan fingerprint density at radius 2 is 1.95 bits per heavy atom. The van der Waals surface area contributed by atoms with Gasteiger partial charge in [0.15, 0.2) is 0 Å². The number of carbonyl (C=O) groups is 1. The van der Waals surface area contributed by atoms with Crippen molar-refractivity contribution in [3.63, 3.8) is 0 Å². The lowest BCUT2D eigenvalue weighted by Crippen LogP contribution is -2.14. The van der Waals surface area contributed by atoms with Crippen LogP contribution in [-0.4, -0.2) is 10.9 Å². The molecule has 0 unspecified atom stereocenters. The number of carbonyl (C=O) groups excluding carboxylic acids is 1. The van der Waals surface area contributed by atoms with Gasteiger partial charge in [-0.05, 0) is 30.3 Å². The third-order valence-electron chi connectivity index (χ3n) is 2.55. The van der Waals surface area contributed by atoms with Crippen LogP contribution in [0.3, 0.4) is 0 Å². The van der Waals surface area contributed by atoms with Crippen LogP contribution in [0.1, 0.15) is 15.9 Å². The summed E-state index contributed by atoms with van der Waals surface area (Å²) in [4.78, 5) is 15.5. The fraction of sp³-hybridized carbons (Fsp3) is 0.0769. The lowest BCUT2D eigenvalue weighted by Gasteiger charge is -2.10. The molecule has 0 bridgehead atoms. The van der Waals surface area contributed by atoms with Gasteiger partial charge in [0.1, 0.15) is 11.0 Å². The summed E-state index contributed by atoms with van der Waals surface area (Å²) in [5, 5.41) is 2.05. The van der Waals surface area contributed by atoms with Crippen molar-refractivity contribution in [3.8, 4) is 0 Å². The Morgan fingerprint density at radius 3 is 2.52 bits per heavy atom. The number of halogens is 5. The second kappa shape index (κ2) is 5.69. The third kappa shape index (κ3) is 3.49. The van der Waals surface area contributed by atoms with E-state index in [0.29, 0.717) is 12.1 Å². The predicted molar refractivity (Wildman–Crippen MR) is 68.6 cm³/mol. The number of hydrogen-bond donors (Lipinski definition) is 1. The number of pyridine rings is 1. The van der Waals surface area contributed by atoms with Gasteiger partial charge in [-0.25, -0.2) is 9.37 Å². The number of alkyl halides is 3. The number of nitrogens with one attached hydrogen (secondary N) is 1. The summed E-state index contributed by atoms with van der Waals surface area (Å²) in [6.45, 7) is 0. The standard InChI is InChI=1S/C13H7ClF4N2O/c14-11-8(2-1-5-19-11)12(21)20-10-4-3-7(6-9(10)15)13(16,17)18/h1-6H,(H,20,21). The molecule has 2 rings (SSSR count). The van der Waals surface area contributed by atoms with Gasteiger partial charge in [-0.15, -0.1) is 0 Å². The molecular weight excluding hydrogens is 312 g/mol. The SMILES string of the molecule is O=C(Nc1ccc(C(F)(F)F)cc1F)c1cccnc1Cl. The molecule has 1 aromatic carbocycles. The van der Waals surface area contributed by atoms with Crippen LogP contribution in [0.15, 0.2) is 36.5 Å². The van der Waals surface area contributed by atoms with Gasteiger partial charge < -0.3 is 5.32 Å². The van der Waals surface area contributed by atoms with E-state index in [1.165, 1.54) is 18.3 Å². The Labute approximate surface area is 121 Å². The topological polar surface area (TPSA) is 42.0 Å². The van der Waals surface area contributed by atoms with Crippen LogP contribution in [0.5, 0.6) is 0 Å². The van der Waals surface area contributed by atoms with Crippen molar-refractivity contribution in [1.82, 2.24) is 4.98 Å². The third-order valence-corrected chi connectivity index (χ3v) is 2.85. The van der Waals surface area contributed by atoms with E-state index >= 15 is 0 Å².